The van der Waals surface area contributed by atoms with Crippen LogP contribution in [-0.4, -0.2) is 22.5 Å². The Morgan fingerprint density at radius 2 is 1.91 bits per heavy atom. The normalized spacial score (nSPS) is 10.7. The molecule has 2 aromatic rings. The number of hydrogen-bond donors (Lipinski definition) is 2. The predicted molar refractivity (Wildman–Crippen MR) is 100 cm³/mol. The predicted octanol–water partition coefficient (Wildman–Crippen LogP) is 2.66. The molecule has 0 aromatic carbocycles. The summed E-state index contributed by atoms with van der Waals surface area (Å²) in [6.07, 6.45) is 1.79. The minimum atomic E-state index is 0. The molecule has 0 spiro atoms. The molecular weight excluding hydrogens is 389 g/mol. The number of nitrogens with one attached hydrogen (secondary N) is 2. The molecule has 0 aliphatic heterocycles. The van der Waals surface area contributed by atoms with Crippen molar-refractivity contribution in [3.8, 4) is 0 Å². The van der Waals surface area contributed by atoms with Crippen LogP contribution in [0.3, 0.4) is 0 Å². The van der Waals surface area contributed by atoms with Crippen LogP contribution in [0.2, 0.25) is 0 Å². The van der Waals surface area contributed by atoms with Crippen molar-refractivity contribution in [3.63, 3.8) is 0 Å². The molecule has 0 saturated carbocycles. The minimum Gasteiger partial charge on any atom is -0.357 e. The van der Waals surface area contributed by atoms with Gasteiger partial charge in [-0.3, -0.25) is 9.97 Å². The van der Waals surface area contributed by atoms with Gasteiger partial charge in [-0.2, -0.15) is 0 Å². The van der Waals surface area contributed by atoms with Gasteiger partial charge in [0.25, 0.3) is 0 Å². The maximum atomic E-state index is 4.54. The van der Waals surface area contributed by atoms with Crippen molar-refractivity contribution in [1.29, 1.82) is 0 Å². The number of guanidine groups is 1. The van der Waals surface area contributed by atoms with Crippen LogP contribution in [0.4, 0.5) is 0 Å². The van der Waals surface area contributed by atoms with E-state index in [2.05, 4.69) is 25.6 Å². The smallest absolute Gasteiger partial charge is 0.191 e. The molecule has 5 nitrogen and oxygen atoms in total. The molecule has 22 heavy (non-hydrogen) atoms. The molecule has 2 rings (SSSR count). The van der Waals surface area contributed by atoms with E-state index < -0.39 is 0 Å². The van der Waals surface area contributed by atoms with E-state index in [1.807, 2.05) is 50.2 Å². The highest BCUT2D eigenvalue weighted by Crippen LogP contribution is 2.00. The van der Waals surface area contributed by atoms with Crippen LogP contribution in [0.5, 0.6) is 0 Å². The summed E-state index contributed by atoms with van der Waals surface area (Å²) >= 11 is 0. The van der Waals surface area contributed by atoms with Crippen molar-refractivity contribution in [2.75, 3.05) is 6.54 Å². The van der Waals surface area contributed by atoms with Crippen LogP contribution in [0.25, 0.3) is 0 Å². The highest BCUT2D eigenvalue weighted by atomic mass is 127. The number of aryl methyl sites for hydroxylation is 1. The SMILES string of the molecule is CCNC(=NCc1cccc(C)n1)NCc1ccccn1.I. The Hall–Kier alpha value is -1.70. The van der Waals surface area contributed by atoms with Gasteiger partial charge < -0.3 is 10.6 Å². The van der Waals surface area contributed by atoms with E-state index in [-0.39, 0.29) is 24.0 Å². The third kappa shape index (κ3) is 6.38. The fourth-order valence-electron chi connectivity index (χ4n) is 1.87. The number of aromatic nitrogens is 2. The number of halogens is 1. The lowest BCUT2D eigenvalue weighted by Gasteiger charge is -2.10. The van der Waals surface area contributed by atoms with Crippen molar-refractivity contribution < 1.29 is 0 Å². The van der Waals surface area contributed by atoms with Gasteiger partial charge in [0.2, 0.25) is 0 Å². The summed E-state index contributed by atoms with van der Waals surface area (Å²) in [6.45, 7) is 6.04. The standard InChI is InChI=1S/C16H21N5.HI/c1-3-17-16(19-11-14-8-4-5-10-18-14)20-12-15-9-6-7-13(2)21-15;/h4-10H,3,11-12H2,1-2H3,(H2,17,19,20);1H. The first-order valence-electron chi connectivity index (χ1n) is 7.12. The summed E-state index contributed by atoms with van der Waals surface area (Å²) in [6, 6.07) is 11.8. The van der Waals surface area contributed by atoms with Crippen LogP contribution >= 0.6 is 24.0 Å². The van der Waals surface area contributed by atoms with E-state index >= 15 is 0 Å². The van der Waals surface area contributed by atoms with E-state index in [0.717, 1.165) is 29.6 Å². The van der Waals surface area contributed by atoms with Gasteiger partial charge in [-0.15, -0.1) is 24.0 Å². The van der Waals surface area contributed by atoms with Crippen LogP contribution in [-0.2, 0) is 13.1 Å². The molecule has 0 unspecified atom stereocenters. The van der Waals surface area contributed by atoms with Crippen molar-refractivity contribution in [3.05, 3.63) is 59.7 Å². The Kier molecular flexibility index (Phi) is 8.42. The monoisotopic (exact) mass is 411 g/mol. The maximum Gasteiger partial charge on any atom is 0.191 e. The minimum absolute atomic E-state index is 0. The second-order valence-corrected chi connectivity index (χ2v) is 4.64. The second kappa shape index (κ2) is 10.1. The summed E-state index contributed by atoms with van der Waals surface area (Å²) in [5, 5.41) is 6.49. The van der Waals surface area contributed by atoms with Crippen molar-refractivity contribution in [2.24, 2.45) is 4.99 Å². The lowest BCUT2D eigenvalue weighted by Crippen LogP contribution is -2.37. The van der Waals surface area contributed by atoms with E-state index in [1.165, 1.54) is 0 Å². The van der Waals surface area contributed by atoms with Crippen LogP contribution in [0, 0.1) is 6.92 Å². The summed E-state index contributed by atoms with van der Waals surface area (Å²) < 4.78 is 0. The molecule has 0 aliphatic carbocycles. The van der Waals surface area contributed by atoms with Gasteiger partial charge in [0.15, 0.2) is 5.96 Å². The summed E-state index contributed by atoms with van der Waals surface area (Å²) in [5.41, 5.74) is 2.95. The van der Waals surface area contributed by atoms with E-state index in [9.17, 15) is 0 Å². The second-order valence-electron chi connectivity index (χ2n) is 4.64. The molecule has 2 heterocycles. The van der Waals surface area contributed by atoms with E-state index in [1.54, 1.807) is 6.20 Å². The third-order valence-corrected chi connectivity index (χ3v) is 2.85. The molecule has 0 aliphatic rings. The van der Waals surface area contributed by atoms with Gasteiger partial charge in [-0.25, -0.2) is 4.99 Å². The highest BCUT2D eigenvalue weighted by molar-refractivity contribution is 14.0. The van der Waals surface area contributed by atoms with Crippen molar-refractivity contribution >= 4 is 29.9 Å². The first-order chi connectivity index (χ1) is 10.3. The van der Waals surface area contributed by atoms with Crippen molar-refractivity contribution in [1.82, 2.24) is 20.6 Å². The molecule has 118 valence electrons. The van der Waals surface area contributed by atoms with Crippen LogP contribution < -0.4 is 10.6 Å². The van der Waals surface area contributed by atoms with Gasteiger partial charge >= 0.3 is 0 Å². The summed E-state index contributed by atoms with van der Waals surface area (Å²) in [4.78, 5) is 13.3. The lowest BCUT2D eigenvalue weighted by atomic mass is 10.3. The fraction of sp³-hybridized carbons (Fsp3) is 0.312. The van der Waals surface area contributed by atoms with Gasteiger partial charge in [0.1, 0.15) is 0 Å². The zero-order valence-electron chi connectivity index (χ0n) is 12.9. The number of pyridine rings is 2. The summed E-state index contributed by atoms with van der Waals surface area (Å²) in [7, 11) is 0. The zero-order chi connectivity index (χ0) is 14.9. The first-order valence-corrected chi connectivity index (χ1v) is 7.12. The quantitative estimate of drug-likeness (QED) is 0.451. The topological polar surface area (TPSA) is 62.2 Å². The average Bonchev–Trinajstić information content (AvgIpc) is 2.51. The Bertz CT molecular complexity index is 586. The van der Waals surface area contributed by atoms with E-state index in [0.29, 0.717) is 13.1 Å². The van der Waals surface area contributed by atoms with Gasteiger partial charge in [0, 0.05) is 18.4 Å². The molecule has 0 fully saturated rings. The van der Waals surface area contributed by atoms with Crippen molar-refractivity contribution in [2.45, 2.75) is 26.9 Å². The van der Waals surface area contributed by atoms with Crippen LogP contribution in [0.1, 0.15) is 24.0 Å². The molecule has 6 heteroatoms. The van der Waals surface area contributed by atoms with Gasteiger partial charge in [0.05, 0.1) is 24.5 Å². The molecule has 0 radical (unpaired) electrons. The Morgan fingerprint density at radius 3 is 2.59 bits per heavy atom. The third-order valence-electron chi connectivity index (χ3n) is 2.85. The van der Waals surface area contributed by atoms with Gasteiger partial charge in [-0.05, 0) is 38.1 Å². The molecule has 2 aromatic heterocycles. The Morgan fingerprint density at radius 1 is 1.09 bits per heavy atom. The van der Waals surface area contributed by atoms with E-state index in [4.69, 9.17) is 0 Å². The lowest BCUT2D eigenvalue weighted by molar-refractivity contribution is 0.796. The molecule has 0 bridgehead atoms. The number of rotatable bonds is 5. The summed E-state index contributed by atoms with van der Waals surface area (Å²) in [5.74, 6) is 0.770. The maximum absolute atomic E-state index is 4.54. The number of aliphatic imine (C=N–C) groups is 1. The van der Waals surface area contributed by atoms with Crippen LogP contribution in [0.15, 0.2) is 47.6 Å². The molecule has 0 atom stereocenters. The molecular formula is C16H22IN5. The van der Waals surface area contributed by atoms with Gasteiger partial charge in [-0.1, -0.05) is 12.1 Å². The molecule has 0 saturated heterocycles. The highest BCUT2D eigenvalue weighted by Gasteiger charge is 1.99. The number of nitrogens with zero attached hydrogens (tertiary/aromatic N) is 3. The first kappa shape index (κ1) is 18.3. The largest absolute Gasteiger partial charge is 0.357 e. The number of hydrogen-bond acceptors (Lipinski definition) is 3. The average molecular weight is 411 g/mol. The molecule has 2 N–H and O–H groups in total. The molecule has 0 amide bonds. The Balaban J connectivity index is 0.00000242. The fourth-order valence-corrected chi connectivity index (χ4v) is 1.87. The Labute approximate surface area is 148 Å². The zero-order valence-corrected chi connectivity index (χ0v) is 15.2.